The molecule has 0 N–H and O–H groups in total. The molecule has 0 fully saturated rings. The lowest BCUT2D eigenvalue weighted by Gasteiger charge is -2.08. The second-order valence-electron chi connectivity index (χ2n) is 3.42. The van der Waals surface area contributed by atoms with Gasteiger partial charge in [-0.15, -0.1) is 22.9 Å². The maximum Gasteiger partial charge on any atom is 0.0928 e. The minimum atomic E-state index is -0.0406. The molecule has 1 aromatic carbocycles. The maximum atomic E-state index is 6.41. The summed E-state index contributed by atoms with van der Waals surface area (Å²) >= 11 is 11.5. The van der Waals surface area contributed by atoms with Crippen molar-refractivity contribution in [2.24, 2.45) is 0 Å². The Hall–Kier alpha value is -0.310. The van der Waals surface area contributed by atoms with Crippen molar-refractivity contribution >= 4 is 38.9 Å². The zero-order chi connectivity index (χ0) is 10.8. The predicted octanol–water partition coefficient (Wildman–Crippen LogP) is 5.15. The quantitative estimate of drug-likeness (QED) is 0.673. The first-order valence-corrected chi connectivity index (χ1v) is 6.67. The van der Waals surface area contributed by atoms with E-state index < -0.39 is 0 Å². The zero-order valence-corrected chi connectivity index (χ0v) is 11.4. The largest absolute Gasteiger partial charge is 0.131 e. The predicted molar refractivity (Wildman–Crippen MR) is 70.9 cm³/mol. The molecule has 0 spiro atoms. The topological polar surface area (TPSA) is 0 Å². The molecular weight excluding hydrogens is 292 g/mol. The van der Waals surface area contributed by atoms with Crippen molar-refractivity contribution in [1.29, 1.82) is 0 Å². The molecule has 2 aromatic rings. The fourth-order valence-electron chi connectivity index (χ4n) is 1.46. The van der Waals surface area contributed by atoms with Crippen molar-refractivity contribution in [3.8, 4) is 0 Å². The SMILES string of the molecule is Cc1cccc(C(Cl)c2ccc(Br)s2)c1. The second-order valence-corrected chi connectivity index (χ2v) is 6.35. The van der Waals surface area contributed by atoms with Crippen molar-refractivity contribution in [2.75, 3.05) is 0 Å². The highest BCUT2D eigenvalue weighted by molar-refractivity contribution is 9.11. The number of alkyl halides is 1. The lowest BCUT2D eigenvalue weighted by molar-refractivity contribution is 1.17. The third-order valence-corrected chi connectivity index (χ3v) is 4.48. The Labute approximate surface area is 107 Å². The summed E-state index contributed by atoms with van der Waals surface area (Å²) in [5.74, 6) is 0. The van der Waals surface area contributed by atoms with E-state index in [0.29, 0.717) is 0 Å². The summed E-state index contributed by atoms with van der Waals surface area (Å²) in [4.78, 5) is 1.18. The molecule has 3 heteroatoms. The highest BCUT2D eigenvalue weighted by Crippen LogP contribution is 2.35. The van der Waals surface area contributed by atoms with Crippen LogP contribution in [0.15, 0.2) is 40.2 Å². The maximum absolute atomic E-state index is 6.41. The van der Waals surface area contributed by atoms with Crippen LogP contribution in [0.3, 0.4) is 0 Å². The molecule has 1 unspecified atom stereocenters. The van der Waals surface area contributed by atoms with E-state index in [1.54, 1.807) is 11.3 Å². The van der Waals surface area contributed by atoms with Crippen molar-refractivity contribution < 1.29 is 0 Å². The number of halogens is 2. The fourth-order valence-corrected chi connectivity index (χ4v) is 3.23. The van der Waals surface area contributed by atoms with Crippen molar-refractivity contribution in [3.05, 3.63) is 56.2 Å². The van der Waals surface area contributed by atoms with Crippen molar-refractivity contribution in [3.63, 3.8) is 0 Å². The zero-order valence-electron chi connectivity index (χ0n) is 8.21. The monoisotopic (exact) mass is 300 g/mol. The number of hydrogen-bond acceptors (Lipinski definition) is 1. The fraction of sp³-hybridized carbons (Fsp3) is 0.167. The summed E-state index contributed by atoms with van der Waals surface area (Å²) in [6.07, 6.45) is 0. The second kappa shape index (κ2) is 4.69. The summed E-state index contributed by atoms with van der Waals surface area (Å²) < 4.78 is 1.12. The molecule has 0 aliphatic rings. The van der Waals surface area contributed by atoms with Crippen LogP contribution in [0.4, 0.5) is 0 Å². The van der Waals surface area contributed by atoms with E-state index in [1.165, 1.54) is 10.4 Å². The number of benzene rings is 1. The van der Waals surface area contributed by atoms with Crippen LogP contribution in [0, 0.1) is 6.92 Å². The Morgan fingerprint density at radius 2 is 2.07 bits per heavy atom. The number of rotatable bonds is 2. The number of hydrogen-bond donors (Lipinski definition) is 0. The molecule has 1 atom stereocenters. The molecule has 15 heavy (non-hydrogen) atoms. The molecular formula is C12H10BrClS. The van der Waals surface area contributed by atoms with Crippen LogP contribution in [0.25, 0.3) is 0 Å². The summed E-state index contributed by atoms with van der Waals surface area (Å²) in [7, 11) is 0. The van der Waals surface area contributed by atoms with Crippen LogP contribution in [-0.4, -0.2) is 0 Å². The molecule has 0 radical (unpaired) electrons. The molecule has 0 saturated carbocycles. The third-order valence-electron chi connectivity index (χ3n) is 2.18. The Kier molecular flexibility index (Phi) is 3.49. The van der Waals surface area contributed by atoms with Gasteiger partial charge >= 0.3 is 0 Å². The molecule has 0 amide bonds. The van der Waals surface area contributed by atoms with Gasteiger partial charge in [0.1, 0.15) is 0 Å². The summed E-state index contributed by atoms with van der Waals surface area (Å²) in [5, 5.41) is -0.0406. The highest BCUT2D eigenvalue weighted by atomic mass is 79.9. The Morgan fingerprint density at radius 1 is 1.27 bits per heavy atom. The molecule has 0 aliphatic carbocycles. The van der Waals surface area contributed by atoms with Gasteiger partial charge in [-0.1, -0.05) is 29.8 Å². The normalized spacial score (nSPS) is 12.7. The van der Waals surface area contributed by atoms with Crippen molar-refractivity contribution in [2.45, 2.75) is 12.3 Å². The Balaban J connectivity index is 2.32. The van der Waals surface area contributed by atoms with Gasteiger partial charge in [-0.2, -0.15) is 0 Å². The molecule has 1 aromatic heterocycles. The smallest absolute Gasteiger partial charge is 0.0928 e. The van der Waals surface area contributed by atoms with E-state index in [1.807, 2.05) is 12.1 Å². The van der Waals surface area contributed by atoms with Crippen LogP contribution in [0.1, 0.15) is 21.4 Å². The van der Waals surface area contributed by atoms with Gasteiger partial charge in [-0.25, -0.2) is 0 Å². The minimum absolute atomic E-state index is 0.0406. The minimum Gasteiger partial charge on any atom is -0.131 e. The van der Waals surface area contributed by atoms with Gasteiger partial charge in [0.05, 0.1) is 9.16 Å². The first-order valence-electron chi connectivity index (χ1n) is 4.62. The Bertz CT molecular complexity index is 464. The highest BCUT2D eigenvalue weighted by Gasteiger charge is 2.12. The van der Waals surface area contributed by atoms with Crippen LogP contribution in [0.5, 0.6) is 0 Å². The first-order chi connectivity index (χ1) is 7.16. The van der Waals surface area contributed by atoms with Gasteiger partial charge in [-0.05, 0) is 40.5 Å². The average molecular weight is 302 g/mol. The van der Waals surface area contributed by atoms with Gasteiger partial charge in [0, 0.05) is 4.88 Å². The lowest BCUT2D eigenvalue weighted by atomic mass is 10.1. The van der Waals surface area contributed by atoms with E-state index in [4.69, 9.17) is 11.6 Å². The van der Waals surface area contributed by atoms with Gasteiger partial charge in [-0.3, -0.25) is 0 Å². The molecule has 0 bridgehead atoms. The van der Waals surface area contributed by atoms with E-state index in [0.717, 1.165) is 9.35 Å². The molecule has 0 saturated heterocycles. The van der Waals surface area contributed by atoms with E-state index in [2.05, 4.69) is 47.1 Å². The summed E-state index contributed by atoms with van der Waals surface area (Å²) in [6, 6.07) is 12.4. The summed E-state index contributed by atoms with van der Waals surface area (Å²) in [6.45, 7) is 2.08. The Morgan fingerprint density at radius 3 is 2.67 bits per heavy atom. The van der Waals surface area contributed by atoms with Crippen LogP contribution < -0.4 is 0 Å². The van der Waals surface area contributed by atoms with Crippen LogP contribution in [0.2, 0.25) is 0 Å². The first kappa shape index (κ1) is 11.2. The number of thiophene rings is 1. The molecule has 1 heterocycles. The van der Waals surface area contributed by atoms with E-state index >= 15 is 0 Å². The lowest BCUT2D eigenvalue weighted by Crippen LogP contribution is -1.90. The van der Waals surface area contributed by atoms with Gasteiger partial charge in [0.25, 0.3) is 0 Å². The summed E-state index contributed by atoms with van der Waals surface area (Å²) in [5.41, 5.74) is 2.40. The standard InChI is InChI=1S/C12H10BrClS/c1-8-3-2-4-9(7-8)12(14)10-5-6-11(13)15-10/h2-7,12H,1H3. The van der Waals surface area contributed by atoms with E-state index in [9.17, 15) is 0 Å². The van der Waals surface area contributed by atoms with Gasteiger partial charge in [0.15, 0.2) is 0 Å². The average Bonchev–Trinajstić information content (AvgIpc) is 2.64. The molecule has 78 valence electrons. The van der Waals surface area contributed by atoms with Crippen LogP contribution in [-0.2, 0) is 0 Å². The third kappa shape index (κ3) is 2.63. The van der Waals surface area contributed by atoms with Gasteiger partial charge < -0.3 is 0 Å². The molecule has 2 rings (SSSR count). The molecule has 0 aliphatic heterocycles. The van der Waals surface area contributed by atoms with Crippen LogP contribution >= 0.6 is 38.9 Å². The van der Waals surface area contributed by atoms with Crippen molar-refractivity contribution in [1.82, 2.24) is 0 Å². The van der Waals surface area contributed by atoms with Gasteiger partial charge in [0.2, 0.25) is 0 Å². The van der Waals surface area contributed by atoms with E-state index in [-0.39, 0.29) is 5.38 Å². The molecule has 0 nitrogen and oxygen atoms in total. The number of aryl methyl sites for hydroxylation is 1.